The molecule has 1 amide bonds. The molecule has 2 aromatic carbocycles. The van der Waals surface area contributed by atoms with E-state index in [1.807, 2.05) is 30.3 Å². The number of rotatable bonds is 10. The van der Waals surface area contributed by atoms with E-state index >= 15 is 0 Å². The van der Waals surface area contributed by atoms with E-state index in [0.717, 1.165) is 29.8 Å². The molecule has 4 rings (SSSR count). The van der Waals surface area contributed by atoms with Gasteiger partial charge in [0.05, 0.1) is 30.9 Å². The third-order valence-electron chi connectivity index (χ3n) is 6.45. The molecule has 212 valence electrons. The van der Waals surface area contributed by atoms with Gasteiger partial charge in [-0.1, -0.05) is 43.2 Å². The Kier molecular flexibility index (Phi) is 9.39. The minimum Gasteiger partial charge on any atom is -0.476 e. The Morgan fingerprint density at radius 3 is 2.55 bits per heavy atom. The second-order valence-corrected chi connectivity index (χ2v) is 9.38. The lowest BCUT2D eigenvalue weighted by Crippen LogP contribution is -2.50. The van der Waals surface area contributed by atoms with Gasteiger partial charge in [-0.15, -0.1) is 0 Å². The van der Waals surface area contributed by atoms with Crippen LogP contribution in [-0.4, -0.2) is 52.6 Å². The SMILES string of the molecule is O=C(CN1N=C(C(=O)O)C#CC1OCc1cc(F)ccc1C(F)(F)F)NC1CCCC[C@@H]1OCc1ccccc1. The molecule has 1 aliphatic carbocycles. The maximum atomic E-state index is 13.7. The first-order valence-electron chi connectivity index (χ1n) is 12.6. The number of aliphatic carboxylic acids is 1. The van der Waals surface area contributed by atoms with Crippen molar-refractivity contribution in [3.63, 3.8) is 0 Å². The smallest absolute Gasteiger partial charge is 0.416 e. The van der Waals surface area contributed by atoms with Crippen LogP contribution < -0.4 is 5.32 Å². The predicted octanol–water partition coefficient (Wildman–Crippen LogP) is 4.09. The second kappa shape index (κ2) is 12.9. The number of carbonyl (C=O) groups excluding carboxylic acids is 1. The number of carboxylic acid groups (broad SMARTS) is 1. The Hall–Kier alpha value is -3.95. The fourth-order valence-corrected chi connectivity index (χ4v) is 4.52. The summed E-state index contributed by atoms with van der Waals surface area (Å²) < 4.78 is 65.4. The summed E-state index contributed by atoms with van der Waals surface area (Å²) in [4.78, 5) is 24.4. The minimum absolute atomic E-state index is 0.238. The van der Waals surface area contributed by atoms with E-state index in [4.69, 9.17) is 9.47 Å². The van der Waals surface area contributed by atoms with Crippen molar-refractivity contribution in [2.24, 2.45) is 5.10 Å². The first-order valence-corrected chi connectivity index (χ1v) is 12.6. The molecule has 12 heteroatoms. The van der Waals surface area contributed by atoms with Crippen molar-refractivity contribution in [3.8, 4) is 11.8 Å². The van der Waals surface area contributed by atoms with Gasteiger partial charge in [0.1, 0.15) is 12.4 Å². The van der Waals surface area contributed by atoms with Gasteiger partial charge < -0.3 is 19.9 Å². The van der Waals surface area contributed by atoms with Crippen LogP contribution in [0.5, 0.6) is 0 Å². The third kappa shape index (κ3) is 7.80. The van der Waals surface area contributed by atoms with Crippen molar-refractivity contribution in [1.29, 1.82) is 0 Å². The number of amides is 1. The van der Waals surface area contributed by atoms with E-state index in [2.05, 4.69) is 22.3 Å². The summed E-state index contributed by atoms with van der Waals surface area (Å²) in [5.74, 6) is 1.88. The van der Waals surface area contributed by atoms with Gasteiger partial charge in [0.2, 0.25) is 17.8 Å². The number of benzene rings is 2. The second-order valence-electron chi connectivity index (χ2n) is 9.38. The van der Waals surface area contributed by atoms with Crippen molar-refractivity contribution in [2.75, 3.05) is 6.54 Å². The molecule has 3 atom stereocenters. The highest BCUT2D eigenvalue weighted by molar-refractivity contribution is 6.43. The molecule has 1 saturated carbocycles. The van der Waals surface area contributed by atoms with Crippen LogP contribution in [0.4, 0.5) is 17.6 Å². The van der Waals surface area contributed by atoms with E-state index in [-0.39, 0.29) is 12.1 Å². The Balaban J connectivity index is 1.42. The zero-order chi connectivity index (χ0) is 28.7. The molecular formula is C28H27F4N3O5. The van der Waals surface area contributed by atoms with Crippen molar-refractivity contribution in [3.05, 3.63) is 71.0 Å². The van der Waals surface area contributed by atoms with Gasteiger partial charge in [-0.2, -0.15) is 18.3 Å². The normalized spacial score (nSPS) is 20.8. The van der Waals surface area contributed by atoms with Crippen LogP contribution in [0, 0.1) is 17.7 Å². The van der Waals surface area contributed by atoms with Gasteiger partial charge >= 0.3 is 12.1 Å². The first kappa shape index (κ1) is 29.0. The monoisotopic (exact) mass is 561 g/mol. The highest BCUT2D eigenvalue weighted by Gasteiger charge is 2.34. The Bertz CT molecular complexity index is 1310. The molecule has 8 nitrogen and oxygen atoms in total. The molecule has 2 aromatic rings. The number of ether oxygens (including phenoxy) is 2. The van der Waals surface area contributed by atoms with Crippen molar-refractivity contribution in [1.82, 2.24) is 10.3 Å². The highest BCUT2D eigenvalue weighted by Crippen LogP contribution is 2.33. The van der Waals surface area contributed by atoms with Gasteiger partial charge in [0.25, 0.3) is 0 Å². The van der Waals surface area contributed by atoms with Crippen LogP contribution >= 0.6 is 0 Å². The predicted molar refractivity (Wildman–Crippen MR) is 135 cm³/mol. The first-order chi connectivity index (χ1) is 19.1. The van der Waals surface area contributed by atoms with E-state index in [1.165, 1.54) is 0 Å². The molecule has 40 heavy (non-hydrogen) atoms. The van der Waals surface area contributed by atoms with Gasteiger partial charge in [-0.25, -0.2) is 14.2 Å². The maximum Gasteiger partial charge on any atom is 0.416 e. The number of carboxylic acids is 1. The Morgan fingerprint density at radius 1 is 1.07 bits per heavy atom. The summed E-state index contributed by atoms with van der Waals surface area (Å²) in [5.41, 5.74) is -1.13. The molecule has 1 heterocycles. The lowest BCUT2D eigenvalue weighted by Gasteiger charge is -2.33. The number of hydrogen-bond acceptors (Lipinski definition) is 6. The van der Waals surface area contributed by atoms with Gasteiger partial charge in [-0.05, 0) is 54.0 Å². The number of nitrogens with zero attached hydrogens (tertiary/aromatic N) is 2. The highest BCUT2D eigenvalue weighted by atomic mass is 19.4. The number of alkyl halides is 3. The zero-order valence-electron chi connectivity index (χ0n) is 21.3. The van der Waals surface area contributed by atoms with Crippen LogP contribution in [0.25, 0.3) is 0 Å². The standard InChI is InChI=1S/C28H27F4N3O5/c29-20-10-11-21(28(30,31)32)19(14-20)17-40-26-13-12-23(27(37)38)34-35(26)15-25(36)33-22-8-4-5-9-24(22)39-16-18-6-2-1-3-7-18/h1-3,6-7,10-11,14,22,24,26H,4-5,8-9,15-17H2,(H,33,36)(H,37,38)/t22?,24-,26?/m0/s1. The van der Waals surface area contributed by atoms with Gasteiger partial charge in [0, 0.05) is 0 Å². The van der Waals surface area contributed by atoms with E-state index < -0.39 is 60.1 Å². The number of hydrogen-bond donors (Lipinski definition) is 2. The average molecular weight is 562 g/mol. The van der Waals surface area contributed by atoms with Crippen molar-refractivity contribution < 1.29 is 41.7 Å². The molecule has 2 N–H and O–H groups in total. The fraction of sp³-hybridized carbons (Fsp3) is 0.393. The zero-order valence-corrected chi connectivity index (χ0v) is 21.3. The van der Waals surface area contributed by atoms with Gasteiger partial charge in [0.15, 0.2) is 0 Å². The largest absolute Gasteiger partial charge is 0.476 e. The molecule has 0 aromatic heterocycles. The third-order valence-corrected chi connectivity index (χ3v) is 6.45. The molecule has 0 radical (unpaired) electrons. The number of halogens is 4. The van der Waals surface area contributed by atoms with Crippen LogP contribution in [0.2, 0.25) is 0 Å². The van der Waals surface area contributed by atoms with Crippen LogP contribution in [-0.2, 0) is 38.5 Å². The molecule has 0 bridgehead atoms. The Labute approximate surface area is 227 Å². The quantitative estimate of drug-likeness (QED) is 0.335. The fourth-order valence-electron chi connectivity index (χ4n) is 4.52. The molecular weight excluding hydrogens is 534 g/mol. The molecule has 2 aliphatic rings. The van der Waals surface area contributed by atoms with E-state index in [1.54, 1.807) is 0 Å². The van der Waals surface area contributed by atoms with E-state index in [9.17, 15) is 32.3 Å². The summed E-state index contributed by atoms with van der Waals surface area (Å²) in [6, 6.07) is 11.3. The van der Waals surface area contributed by atoms with Crippen molar-refractivity contribution >= 4 is 17.6 Å². The molecule has 2 unspecified atom stereocenters. The summed E-state index contributed by atoms with van der Waals surface area (Å²) in [6.45, 7) is -0.810. The maximum absolute atomic E-state index is 13.7. The number of nitrogens with one attached hydrogen (secondary N) is 1. The topological polar surface area (TPSA) is 100 Å². The lowest BCUT2D eigenvalue weighted by molar-refractivity contribution is -0.139. The van der Waals surface area contributed by atoms with Crippen LogP contribution in [0.15, 0.2) is 53.6 Å². The molecule has 1 aliphatic heterocycles. The molecule has 1 fully saturated rings. The number of hydrazone groups is 1. The van der Waals surface area contributed by atoms with Crippen molar-refractivity contribution in [2.45, 2.75) is 63.4 Å². The minimum atomic E-state index is -4.75. The summed E-state index contributed by atoms with van der Waals surface area (Å²) in [5, 5.41) is 17.0. The van der Waals surface area contributed by atoms with Crippen LogP contribution in [0.3, 0.4) is 0 Å². The van der Waals surface area contributed by atoms with E-state index in [0.29, 0.717) is 31.2 Å². The average Bonchev–Trinajstić information content (AvgIpc) is 2.91. The summed E-state index contributed by atoms with van der Waals surface area (Å²) in [7, 11) is 0. The van der Waals surface area contributed by atoms with Crippen LogP contribution in [0.1, 0.15) is 42.4 Å². The number of carbonyl (C=O) groups is 2. The molecule has 0 saturated heterocycles. The van der Waals surface area contributed by atoms with Gasteiger partial charge in [-0.3, -0.25) is 4.79 Å². The summed E-state index contributed by atoms with van der Waals surface area (Å²) in [6.07, 6.45) is -3.10. The Morgan fingerprint density at radius 2 is 1.82 bits per heavy atom. The lowest BCUT2D eigenvalue weighted by atomic mass is 9.92. The molecule has 0 spiro atoms. The summed E-state index contributed by atoms with van der Waals surface area (Å²) >= 11 is 0.